The Morgan fingerprint density at radius 3 is 2.58 bits per heavy atom. The van der Waals surface area contributed by atoms with E-state index in [2.05, 4.69) is 12.2 Å². The number of carbonyl (C=O) groups is 1. The van der Waals surface area contributed by atoms with Crippen LogP contribution in [0.3, 0.4) is 0 Å². The van der Waals surface area contributed by atoms with Gasteiger partial charge in [-0.05, 0) is 68.6 Å². The molecule has 2 heterocycles. The highest BCUT2D eigenvalue weighted by Crippen LogP contribution is 2.31. The summed E-state index contributed by atoms with van der Waals surface area (Å²) in [6, 6.07) is 22.4. The first kappa shape index (κ1) is 26.1. The Labute approximate surface area is 228 Å². The van der Waals surface area contributed by atoms with Gasteiger partial charge in [0.05, 0.1) is 23.5 Å². The van der Waals surface area contributed by atoms with Gasteiger partial charge >= 0.3 is 0 Å². The summed E-state index contributed by atoms with van der Waals surface area (Å²) in [6.07, 6.45) is 2.49. The summed E-state index contributed by atoms with van der Waals surface area (Å²) in [7, 11) is 0. The lowest BCUT2D eigenvalue weighted by Gasteiger charge is -2.40. The van der Waals surface area contributed by atoms with Crippen LogP contribution >= 0.6 is 11.6 Å². The van der Waals surface area contributed by atoms with Gasteiger partial charge in [-0.15, -0.1) is 0 Å². The summed E-state index contributed by atoms with van der Waals surface area (Å²) in [4.78, 5) is 35.1. The average molecular weight is 529 g/mol. The van der Waals surface area contributed by atoms with Crippen LogP contribution in [0.25, 0.3) is 10.9 Å². The molecule has 196 valence electrons. The van der Waals surface area contributed by atoms with Crippen LogP contribution in [0, 0.1) is 6.92 Å². The van der Waals surface area contributed by atoms with E-state index in [0.717, 1.165) is 30.5 Å². The van der Waals surface area contributed by atoms with Gasteiger partial charge in [0.1, 0.15) is 5.82 Å². The van der Waals surface area contributed by atoms with Crippen LogP contribution < -0.4 is 10.9 Å². The van der Waals surface area contributed by atoms with Crippen molar-refractivity contribution >= 4 is 28.4 Å². The first-order valence-electron chi connectivity index (χ1n) is 13.3. The number of nitrogens with one attached hydrogen (secondary N) is 1. The molecule has 0 bridgehead atoms. The van der Waals surface area contributed by atoms with Crippen LogP contribution in [-0.4, -0.2) is 39.5 Å². The monoisotopic (exact) mass is 528 g/mol. The molecule has 2 atom stereocenters. The quantitative estimate of drug-likeness (QED) is 0.331. The Hall–Kier alpha value is -3.48. The van der Waals surface area contributed by atoms with E-state index in [4.69, 9.17) is 16.6 Å². The minimum Gasteiger partial charge on any atom is -0.324 e. The SMILES string of the molecule is CCC(c1nc2cc(Cl)ccc2c(=O)n1Cc1ccccc1)N(C(=O)c1ccc(C)cc1)C1CCCNC1. The Kier molecular flexibility index (Phi) is 7.91. The molecule has 1 aliphatic heterocycles. The number of hydrogen-bond acceptors (Lipinski definition) is 4. The second-order valence-electron chi connectivity index (χ2n) is 10.0. The molecule has 4 aromatic rings. The van der Waals surface area contributed by atoms with Gasteiger partial charge in [0.25, 0.3) is 11.5 Å². The minimum absolute atomic E-state index is 0.0142. The molecule has 7 heteroatoms. The fraction of sp³-hybridized carbons (Fsp3) is 0.323. The molecular formula is C31H33ClN4O2. The molecular weight excluding hydrogens is 496 g/mol. The topological polar surface area (TPSA) is 67.2 Å². The number of halogens is 1. The van der Waals surface area contributed by atoms with Crippen LogP contribution in [0.5, 0.6) is 0 Å². The molecule has 6 nitrogen and oxygen atoms in total. The van der Waals surface area contributed by atoms with Gasteiger partial charge in [0, 0.05) is 23.2 Å². The van der Waals surface area contributed by atoms with Crippen LogP contribution in [0.4, 0.5) is 0 Å². The Balaban J connectivity index is 1.69. The van der Waals surface area contributed by atoms with E-state index in [1.807, 2.05) is 66.4 Å². The molecule has 0 radical (unpaired) electrons. The number of nitrogens with zero attached hydrogens (tertiary/aromatic N) is 3. The fourth-order valence-corrected chi connectivity index (χ4v) is 5.53. The summed E-state index contributed by atoms with van der Waals surface area (Å²) in [5.74, 6) is 0.541. The second-order valence-corrected chi connectivity index (χ2v) is 10.4. The van der Waals surface area contributed by atoms with Crippen molar-refractivity contribution in [2.75, 3.05) is 13.1 Å². The number of carbonyl (C=O) groups excluding carboxylic acids is 1. The van der Waals surface area contributed by atoms with E-state index in [0.29, 0.717) is 46.8 Å². The lowest BCUT2D eigenvalue weighted by Crippen LogP contribution is -2.51. The highest BCUT2D eigenvalue weighted by molar-refractivity contribution is 6.31. The van der Waals surface area contributed by atoms with E-state index in [1.54, 1.807) is 22.8 Å². The Morgan fingerprint density at radius 2 is 1.89 bits per heavy atom. The molecule has 2 unspecified atom stereocenters. The molecule has 38 heavy (non-hydrogen) atoms. The van der Waals surface area contributed by atoms with Crippen LogP contribution in [0.1, 0.15) is 59.5 Å². The van der Waals surface area contributed by atoms with Crippen molar-refractivity contribution in [3.63, 3.8) is 0 Å². The Morgan fingerprint density at radius 1 is 1.13 bits per heavy atom. The van der Waals surface area contributed by atoms with Crippen molar-refractivity contribution < 1.29 is 4.79 Å². The van der Waals surface area contributed by atoms with Crippen molar-refractivity contribution in [3.05, 3.63) is 111 Å². The maximum absolute atomic E-state index is 14.2. The smallest absolute Gasteiger partial charge is 0.261 e. The highest BCUT2D eigenvalue weighted by atomic mass is 35.5. The number of benzene rings is 3. The summed E-state index contributed by atoms with van der Waals surface area (Å²) < 4.78 is 1.74. The Bertz CT molecular complexity index is 1480. The number of rotatable bonds is 7. The van der Waals surface area contributed by atoms with Crippen LogP contribution in [-0.2, 0) is 6.54 Å². The van der Waals surface area contributed by atoms with Crippen molar-refractivity contribution in [2.24, 2.45) is 0 Å². The molecule has 0 saturated carbocycles. The summed E-state index contributed by atoms with van der Waals surface area (Å²) >= 11 is 6.31. The number of hydrogen-bond donors (Lipinski definition) is 1. The van der Waals surface area contributed by atoms with Crippen molar-refractivity contribution in [1.29, 1.82) is 0 Å². The zero-order chi connectivity index (χ0) is 26.6. The van der Waals surface area contributed by atoms with Gasteiger partial charge in [-0.25, -0.2) is 4.98 Å². The van der Waals surface area contributed by atoms with Crippen molar-refractivity contribution in [2.45, 2.75) is 51.7 Å². The maximum atomic E-state index is 14.2. The van der Waals surface area contributed by atoms with Gasteiger partial charge in [-0.2, -0.15) is 0 Å². The first-order valence-corrected chi connectivity index (χ1v) is 13.7. The van der Waals surface area contributed by atoms with Crippen LogP contribution in [0.2, 0.25) is 5.02 Å². The predicted octanol–water partition coefficient (Wildman–Crippen LogP) is 5.75. The van der Waals surface area contributed by atoms with Gasteiger partial charge in [0.2, 0.25) is 0 Å². The maximum Gasteiger partial charge on any atom is 0.261 e. The summed E-state index contributed by atoms with van der Waals surface area (Å²) in [6.45, 7) is 6.07. The molecule has 1 fully saturated rings. The molecule has 3 aromatic carbocycles. The molecule has 1 saturated heterocycles. The van der Waals surface area contributed by atoms with Crippen LogP contribution in [0.15, 0.2) is 77.6 Å². The number of aromatic nitrogens is 2. The number of fused-ring (bicyclic) bond motifs is 1. The number of aryl methyl sites for hydroxylation is 1. The van der Waals surface area contributed by atoms with Crippen molar-refractivity contribution in [3.8, 4) is 0 Å². The third-order valence-corrected chi connectivity index (χ3v) is 7.58. The fourth-order valence-electron chi connectivity index (χ4n) is 5.37. The summed E-state index contributed by atoms with van der Waals surface area (Å²) in [5.41, 5.74) is 3.15. The van der Waals surface area contributed by atoms with Gasteiger partial charge in [0.15, 0.2) is 0 Å². The average Bonchev–Trinajstić information content (AvgIpc) is 2.94. The highest BCUT2D eigenvalue weighted by Gasteiger charge is 2.35. The van der Waals surface area contributed by atoms with Gasteiger partial charge in [-0.3, -0.25) is 14.2 Å². The second kappa shape index (κ2) is 11.5. The lowest BCUT2D eigenvalue weighted by molar-refractivity contribution is 0.0501. The molecule has 1 aromatic heterocycles. The van der Waals surface area contributed by atoms with Gasteiger partial charge < -0.3 is 10.2 Å². The largest absolute Gasteiger partial charge is 0.324 e. The third-order valence-electron chi connectivity index (χ3n) is 7.35. The van der Waals surface area contributed by atoms with E-state index in [9.17, 15) is 9.59 Å². The lowest BCUT2D eigenvalue weighted by atomic mass is 9.99. The zero-order valence-electron chi connectivity index (χ0n) is 21.9. The molecule has 5 rings (SSSR count). The predicted molar refractivity (Wildman–Crippen MR) is 153 cm³/mol. The van der Waals surface area contributed by atoms with E-state index in [-0.39, 0.29) is 17.5 Å². The van der Waals surface area contributed by atoms with E-state index >= 15 is 0 Å². The molecule has 1 N–H and O–H groups in total. The summed E-state index contributed by atoms with van der Waals surface area (Å²) in [5, 5.41) is 4.50. The first-order chi connectivity index (χ1) is 18.5. The number of piperidine rings is 1. The van der Waals surface area contributed by atoms with Crippen molar-refractivity contribution in [1.82, 2.24) is 19.8 Å². The van der Waals surface area contributed by atoms with Gasteiger partial charge in [-0.1, -0.05) is 66.6 Å². The van der Waals surface area contributed by atoms with E-state index in [1.165, 1.54) is 0 Å². The zero-order valence-corrected chi connectivity index (χ0v) is 22.6. The minimum atomic E-state index is -0.395. The van der Waals surface area contributed by atoms with E-state index < -0.39 is 6.04 Å². The molecule has 0 aliphatic carbocycles. The standard InChI is InChI=1S/C31H33ClN4O2/c1-3-28(36(25-10-7-17-33-19-25)30(37)23-13-11-21(2)12-14-23)29-34-27-18-24(32)15-16-26(27)31(38)35(29)20-22-8-5-4-6-9-22/h4-6,8-9,11-16,18,25,28,33H,3,7,10,17,19-20H2,1-2H3. The normalized spacial score (nSPS) is 16.3. The third kappa shape index (κ3) is 5.38. The number of amides is 1. The molecule has 1 amide bonds. The molecule has 1 aliphatic rings. The molecule has 0 spiro atoms.